The highest BCUT2D eigenvalue weighted by Gasteiger charge is 2.47. The number of anilines is 1. The number of nitrogens with one attached hydrogen (secondary N) is 2. The van der Waals surface area contributed by atoms with Crippen LogP contribution in [-0.4, -0.2) is 34.8 Å². The highest BCUT2D eigenvalue weighted by atomic mass is 79.9. The molecule has 0 aromatic heterocycles. The van der Waals surface area contributed by atoms with Crippen LogP contribution in [0.1, 0.15) is 18.9 Å². The molecule has 2 aromatic carbocycles. The average Bonchev–Trinajstić information content (AvgIpc) is 2.86. The lowest BCUT2D eigenvalue weighted by Crippen LogP contribution is -2.45. The van der Waals surface area contributed by atoms with Crippen LogP contribution in [0.2, 0.25) is 0 Å². The summed E-state index contributed by atoms with van der Waals surface area (Å²) in [6, 6.07) is 16.3. The van der Waals surface area contributed by atoms with E-state index in [1.807, 2.05) is 30.3 Å². The van der Waals surface area contributed by atoms with Crippen LogP contribution >= 0.6 is 15.9 Å². The molecule has 1 aliphatic rings. The Morgan fingerprint density at radius 2 is 1.78 bits per heavy atom. The van der Waals surface area contributed by atoms with Gasteiger partial charge in [-0.3, -0.25) is 14.5 Å². The quantitative estimate of drug-likeness (QED) is 0.691. The molecule has 4 amide bonds. The SMILES string of the molecule is CC1(CCc2ccccc2)NC(=O)N(CC(=O)Nc2ccc(Br)cc2)C1=O. The van der Waals surface area contributed by atoms with E-state index in [0.29, 0.717) is 18.5 Å². The van der Waals surface area contributed by atoms with E-state index < -0.39 is 17.5 Å². The highest BCUT2D eigenvalue weighted by Crippen LogP contribution is 2.23. The summed E-state index contributed by atoms with van der Waals surface area (Å²) in [7, 11) is 0. The van der Waals surface area contributed by atoms with Gasteiger partial charge < -0.3 is 10.6 Å². The first-order chi connectivity index (χ1) is 12.9. The third kappa shape index (κ3) is 4.54. The number of hydrogen-bond acceptors (Lipinski definition) is 3. The predicted molar refractivity (Wildman–Crippen MR) is 106 cm³/mol. The minimum Gasteiger partial charge on any atom is -0.325 e. The Kier molecular flexibility index (Phi) is 5.60. The van der Waals surface area contributed by atoms with Gasteiger partial charge in [-0.2, -0.15) is 0 Å². The van der Waals surface area contributed by atoms with E-state index in [2.05, 4.69) is 26.6 Å². The zero-order valence-electron chi connectivity index (χ0n) is 14.9. The first kappa shape index (κ1) is 19.1. The Labute approximate surface area is 166 Å². The number of urea groups is 1. The Balaban J connectivity index is 1.61. The summed E-state index contributed by atoms with van der Waals surface area (Å²) in [5, 5.41) is 5.42. The number of aryl methyl sites for hydroxylation is 1. The van der Waals surface area contributed by atoms with Crippen molar-refractivity contribution in [2.75, 3.05) is 11.9 Å². The number of carbonyl (C=O) groups is 3. The molecule has 1 heterocycles. The first-order valence-corrected chi connectivity index (χ1v) is 9.40. The summed E-state index contributed by atoms with van der Waals surface area (Å²) >= 11 is 3.32. The van der Waals surface area contributed by atoms with E-state index in [1.54, 1.807) is 31.2 Å². The summed E-state index contributed by atoms with van der Waals surface area (Å²) in [6.07, 6.45) is 1.12. The van der Waals surface area contributed by atoms with E-state index in [-0.39, 0.29) is 12.5 Å². The lowest BCUT2D eigenvalue weighted by atomic mass is 9.93. The number of rotatable bonds is 6. The largest absolute Gasteiger partial charge is 0.325 e. The van der Waals surface area contributed by atoms with Crippen LogP contribution in [0.15, 0.2) is 59.1 Å². The van der Waals surface area contributed by atoms with E-state index in [4.69, 9.17) is 0 Å². The molecular formula is C20H20BrN3O3. The third-order valence-corrected chi connectivity index (χ3v) is 5.06. The van der Waals surface area contributed by atoms with Crippen molar-refractivity contribution in [2.24, 2.45) is 0 Å². The Morgan fingerprint density at radius 3 is 2.44 bits per heavy atom. The molecule has 0 saturated carbocycles. The van der Waals surface area contributed by atoms with Gasteiger partial charge in [-0.1, -0.05) is 46.3 Å². The average molecular weight is 430 g/mol. The van der Waals surface area contributed by atoms with Gasteiger partial charge in [-0.25, -0.2) is 4.79 Å². The van der Waals surface area contributed by atoms with Gasteiger partial charge in [-0.15, -0.1) is 0 Å². The third-order valence-electron chi connectivity index (χ3n) is 4.53. The Morgan fingerprint density at radius 1 is 1.11 bits per heavy atom. The fourth-order valence-electron chi connectivity index (χ4n) is 2.98. The van der Waals surface area contributed by atoms with E-state index in [9.17, 15) is 14.4 Å². The fraction of sp³-hybridized carbons (Fsp3) is 0.250. The highest BCUT2D eigenvalue weighted by molar-refractivity contribution is 9.10. The molecule has 0 aliphatic carbocycles. The molecule has 0 spiro atoms. The number of benzene rings is 2. The van der Waals surface area contributed by atoms with Gasteiger partial charge in [0.25, 0.3) is 5.91 Å². The second-order valence-electron chi connectivity index (χ2n) is 6.69. The monoisotopic (exact) mass is 429 g/mol. The number of amides is 4. The van der Waals surface area contributed by atoms with Gasteiger partial charge in [0.1, 0.15) is 12.1 Å². The van der Waals surface area contributed by atoms with E-state index in [0.717, 1.165) is 14.9 Å². The van der Waals surface area contributed by atoms with Crippen molar-refractivity contribution >= 4 is 39.5 Å². The number of carbonyl (C=O) groups excluding carboxylic acids is 3. The molecule has 3 rings (SSSR count). The maximum Gasteiger partial charge on any atom is 0.325 e. The molecule has 2 N–H and O–H groups in total. The maximum atomic E-state index is 12.7. The summed E-state index contributed by atoms with van der Waals surface area (Å²) < 4.78 is 0.892. The molecule has 1 aliphatic heterocycles. The molecule has 27 heavy (non-hydrogen) atoms. The Bertz CT molecular complexity index is 855. The molecule has 140 valence electrons. The van der Waals surface area contributed by atoms with Crippen molar-refractivity contribution in [1.29, 1.82) is 0 Å². The number of nitrogens with zero attached hydrogens (tertiary/aromatic N) is 1. The molecule has 2 aromatic rings. The molecule has 1 saturated heterocycles. The second kappa shape index (κ2) is 7.92. The first-order valence-electron chi connectivity index (χ1n) is 8.61. The smallest absolute Gasteiger partial charge is 0.325 e. The van der Waals surface area contributed by atoms with Crippen molar-refractivity contribution < 1.29 is 14.4 Å². The van der Waals surface area contributed by atoms with Gasteiger partial charge in [0.15, 0.2) is 0 Å². The van der Waals surface area contributed by atoms with Crippen molar-refractivity contribution in [2.45, 2.75) is 25.3 Å². The molecule has 1 fully saturated rings. The zero-order valence-corrected chi connectivity index (χ0v) is 16.5. The van der Waals surface area contributed by atoms with Crippen LogP contribution in [-0.2, 0) is 16.0 Å². The van der Waals surface area contributed by atoms with Crippen molar-refractivity contribution in [1.82, 2.24) is 10.2 Å². The number of halogens is 1. The number of imide groups is 1. The van der Waals surface area contributed by atoms with Crippen molar-refractivity contribution in [3.8, 4) is 0 Å². The van der Waals surface area contributed by atoms with Crippen LogP contribution in [0.5, 0.6) is 0 Å². The van der Waals surface area contributed by atoms with Gasteiger partial charge in [-0.05, 0) is 49.6 Å². The van der Waals surface area contributed by atoms with Gasteiger partial charge in [0.2, 0.25) is 5.91 Å². The molecule has 0 bridgehead atoms. The molecule has 1 atom stereocenters. The van der Waals surface area contributed by atoms with Crippen LogP contribution in [0.4, 0.5) is 10.5 Å². The van der Waals surface area contributed by atoms with Gasteiger partial charge in [0.05, 0.1) is 0 Å². The molecule has 1 unspecified atom stereocenters. The Hall–Kier alpha value is -2.67. The van der Waals surface area contributed by atoms with E-state index in [1.165, 1.54) is 0 Å². The van der Waals surface area contributed by atoms with Crippen LogP contribution in [0.3, 0.4) is 0 Å². The van der Waals surface area contributed by atoms with E-state index >= 15 is 0 Å². The standard InChI is InChI=1S/C20H20BrN3O3/c1-20(12-11-14-5-3-2-4-6-14)18(26)24(19(27)23-20)13-17(25)22-16-9-7-15(21)8-10-16/h2-10H,11-13H2,1H3,(H,22,25)(H,23,27). The van der Waals surface area contributed by atoms with Gasteiger partial charge in [0, 0.05) is 10.2 Å². The maximum absolute atomic E-state index is 12.7. The second-order valence-corrected chi connectivity index (χ2v) is 7.61. The number of hydrogen-bond donors (Lipinski definition) is 2. The van der Waals surface area contributed by atoms with Crippen LogP contribution < -0.4 is 10.6 Å². The molecule has 7 heteroatoms. The fourth-order valence-corrected chi connectivity index (χ4v) is 3.24. The summed E-state index contributed by atoms with van der Waals surface area (Å²) in [6.45, 7) is 1.38. The van der Waals surface area contributed by atoms with Crippen LogP contribution in [0.25, 0.3) is 0 Å². The minimum absolute atomic E-state index is 0.318. The topological polar surface area (TPSA) is 78.5 Å². The molecule has 0 radical (unpaired) electrons. The lowest BCUT2D eigenvalue weighted by molar-refractivity contribution is -0.133. The van der Waals surface area contributed by atoms with Crippen molar-refractivity contribution in [3.63, 3.8) is 0 Å². The summed E-state index contributed by atoms with van der Waals surface area (Å²) in [5.41, 5.74) is 0.680. The summed E-state index contributed by atoms with van der Waals surface area (Å²) in [4.78, 5) is 38.2. The predicted octanol–water partition coefficient (Wildman–Crippen LogP) is 3.33. The zero-order chi connectivity index (χ0) is 19.4. The molecular weight excluding hydrogens is 410 g/mol. The van der Waals surface area contributed by atoms with Crippen molar-refractivity contribution in [3.05, 3.63) is 64.6 Å². The lowest BCUT2D eigenvalue weighted by Gasteiger charge is -2.21. The minimum atomic E-state index is -1.01. The summed E-state index contributed by atoms with van der Waals surface area (Å²) in [5.74, 6) is -0.803. The normalized spacial score (nSPS) is 19.1. The molecule has 6 nitrogen and oxygen atoms in total. The van der Waals surface area contributed by atoms with Gasteiger partial charge >= 0.3 is 6.03 Å². The van der Waals surface area contributed by atoms with Crippen LogP contribution in [0, 0.1) is 0 Å².